The van der Waals surface area contributed by atoms with Crippen LogP contribution in [0, 0.1) is 0 Å². The first-order chi connectivity index (χ1) is 11.5. The molecule has 1 aromatic rings. The highest BCUT2D eigenvalue weighted by Gasteiger charge is 2.48. The summed E-state index contributed by atoms with van der Waals surface area (Å²) in [4.78, 5) is 24.9. The third-order valence-corrected chi connectivity index (χ3v) is 4.27. The lowest BCUT2D eigenvalue weighted by Crippen LogP contribution is -2.71. The second-order valence-corrected chi connectivity index (χ2v) is 8.04. The molecule has 2 N–H and O–H groups in total. The highest BCUT2D eigenvalue weighted by molar-refractivity contribution is 6.30. The van der Waals surface area contributed by atoms with Gasteiger partial charge in [0, 0.05) is 24.2 Å². The normalized spacial score (nSPS) is 17.6. The number of carbonyl (C=O) groups excluding carboxylic acids is 1. The van der Waals surface area contributed by atoms with Crippen LogP contribution in [0.2, 0.25) is 5.02 Å². The Morgan fingerprint density at radius 1 is 1.32 bits per heavy atom. The van der Waals surface area contributed by atoms with Crippen molar-refractivity contribution in [3.63, 3.8) is 0 Å². The lowest BCUT2D eigenvalue weighted by atomic mass is 9.85. The van der Waals surface area contributed by atoms with E-state index in [-0.39, 0.29) is 12.5 Å². The van der Waals surface area contributed by atoms with E-state index >= 15 is 0 Å². The van der Waals surface area contributed by atoms with Crippen LogP contribution in [0.5, 0.6) is 0 Å². The molecule has 0 unspecified atom stereocenters. The Bertz CT molecular complexity index is 633. The number of benzene rings is 1. The van der Waals surface area contributed by atoms with Crippen LogP contribution in [-0.4, -0.2) is 46.3 Å². The van der Waals surface area contributed by atoms with Gasteiger partial charge in [-0.2, -0.15) is 0 Å². The van der Waals surface area contributed by atoms with Gasteiger partial charge in [0.25, 0.3) is 0 Å². The third kappa shape index (κ3) is 5.34. The highest BCUT2D eigenvalue weighted by Crippen LogP contribution is 2.30. The summed E-state index contributed by atoms with van der Waals surface area (Å²) < 4.78 is 5.34. The van der Waals surface area contributed by atoms with Gasteiger partial charge in [0.05, 0.1) is 12.0 Å². The number of hydrogen-bond donors (Lipinski definition) is 2. The second-order valence-electron chi connectivity index (χ2n) is 7.60. The molecule has 1 heterocycles. The fraction of sp³-hybridized carbons (Fsp3) is 0.556. The number of hydrogen-bond acceptors (Lipinski definition) is 4. The monoisotopic (exact) mass is 368 g/mol. The molecule has 0 spiro atoms. The van der Waals surface area contributed by atoms with E-state index in [1.54, 1.807) is 32.9 Å². The SMILES string of the molecule is C[C@@H](NC1(CC(=O)O)CN(C(=O)OC(C)(C)C)C1)c1ccc(Cl)cc1. The largest absolute Gasteiger partial charge is 0.481 e. The molecule has 1 saturated heterocycles. The van der Waals surface area contributed by atoms with Crippen LogP contribution in [-0.2, 0) is 9.53 Å². The van der Waals surface area contributed by atoms with E-state index in [2.05, 4.69) is 5.32 Å². The molecule has 1 fully saturated rings. The molecule has 1 atom stereocenters. The minimum atomic E-state index is -0.903. The van der Waals surface area contributed by atoms with Crippen LogP contribution in [0.15, 0.2) is 24.3 Å². The summed E-state index contributed by atoms with van der Waals surface area (Å²) in [6.07, 6.45) is -0.487. The molecule has 2 rings (SSSR count). The predicted molar refractivity (Wildman–Crippen MR) is 95.8 cm³/mol. The van der Waals surface area contributed by atoms with Gasteiger partial charge in [0.15, 0.2) is 0 Å². The van der Waals surface area contributed by atoms with Crippen molar-refractivity contribution < 1.29 is 19.4 Å². The minimum Gasteiger partial charge on any atom is -0.481 e. The van der Waals surface area contributed by atoms with Crippen molar-refractivity contribution >= 4 is 23.7 Å². The summed E-state index contributed by atoms with van der Waals surface area (Å²) in [6.45, 7) is 7.96. The lowest BCUT2D eigenvalue weighted by molar-refractivity contribution is -0.141. The number of carboxylic acid groups (broad SMARTS) is 1. The summed E-state index contributed by atoms with van der Waals surface area (Å²) in [6, 6.07) is 7.33. The van der Waals surface area contributed by atoms with Crippen molar-refractivity contribution in [2.75, 3.05) is 13.1 Å². The predicted octanol–water partition coefficient (Wildman–Crippen LogP) is 3.45. The van der Waals surface area contributed by atoms with Crippen LogP contribution in [0.4, 0.5) is 4.79 Å². The second kappa shape index (κ2) is 7.22. The Morgan fingerprint density at radius 3 is 2.36 bits per heavy atom. The molecule has 0 bridgehead atoms. The van der Waals surface area contributed by atoms with Crippen molar-refractivity contribution in [1.82, 2.24) is 10.2 Å². The molecule has 25 heavy (non-hydrogen) atoms. The number of likely N-dealkylation sites (tertiary alicyclic amines) is 1. The molecule has 1 amide bonds. The van der Waals surface area contributed by atoms with E-state index in [1.165, 1.54) is 4.90 Å². The highest BCUT2D eigenvalue weighted by atomic mass is 35.5. The van der Waals surface area contributed by atoms with Gasteiger partial charge in [0.1, 0.15) is 5.60 Å². The average Bonchev–Trinajstić information content (AvgIpc) is 2.42. The van der Waals surface area contributed by atoms with Crippen molar-refractivity contribution in [3.05, 3.63) is 34.9 Å². The number of ether oxygens (including phenoxy) is 1. The van der Waals surface area contributed by atoms with Crippen molar-refractivity contribution in [3.8, 4) is 0 Å². The molecule has 0 saturated carbocycles. The summed E-state index contributed by atoms with van der Waals surface area (Å²) >= 11 is 5.91. The molecular formula is C18H25ClN2O4. The molecule has 0 aromatic heterocycles. The molecule has 0 radical (unpaired) electrons. The Hall–Kier alpha value is -1.79. The summed E-state index contributed by atoms with van der Waals surface area (Å²) in [7, 11) is 0. The maximum Gasteiger partial charge on any atom is 0.410 e. The van der Waals surface area contributed by atoms with E-state index < -0.39 is 23.2 Å². The molecule has 1 aromatic carbocycles. The Balaban J connectivity index is 2.04. The van der Waals surface area contributed by atoms with Crippen LogP contribution in [0.3, 0.4) is 0 Å². The summed E-state index contributed by atoms with van der Waals surface area (Å²) in [5, 5.41) is 13.3. The summed E-state index contributed by atoms with van der Waals surface area (Å²) in [5.41, 5.74) is -0.238. The first kappa shape index (κ1) is 19.5. The topological polar surface area (TPSA) is 78.9 Å². The molecule has 1 aliphatic heterocycles. The lowest BCUT2D eigenvalue weighted by Gasteiger charge is -2.51. The molecular weight excluding hydrogens is 344 g/mol. The average molecular weight is 369 g/mol. The third-order valence-electron chi connectivity index (χ3n) is 4.02. The van der Waals surface area contributed by atoms with Gasteiger partial charge in [-0.15, -0.1) is 0 Å². The van der Waals surface area contributed by atoms with Gasteiger partial charge in [-0.3, -0.25) is 4.79 Å². The number of rotatable bonds is 5. The fourth-order valence-corrected chi connectivity index (χ4v) is 3.10. The summed E-state index contributed by atoms with van der Waals surface area (Å²) in [5.74, 6) is -0.903. The van der Waals surface area contributed by atoms with Gasteiger partial charge >= 0.3 is 12.1 Å². The zero-order valence-electron chi connectivity index (χ0n) is 15.0. The van der Waals surface area contributed by atoms with Crippen LogP contribution >= 0.6 is 11.6 Å². The molecule has 6 nitrogen and oxygen atoms in total. The number of nitrogens with one attached hydrogen (secondary N) is 1. The van der Waals surface area contributed by atoms with E-state index in [4.69, 9.17) is 16.3 Å². The quantitative estimate of drug-likeness (QED) is 0.832. The van der Waals surface area contributed by atoms with Gasteiger partial charge in [0.2, 0.25) is 0 Å². The molecule has 138 valence electrons. The smallest absolute Gasteiger partial charge is 0.410 e. The van der Waals surface area contributed by atoms with Crippen molar-refractivity contribution in [1.29, 1.82) is 0 Å². The van der Waals surface area contributed by atoms with Crippen LogP contribution in [0.25, 0.3) is 0 Å². The first-order valence-electron chi connectivity index (χ1n) is 8.23. The van der Waals surface area contributed by atoms with E-state index in [0.717, 1.165) is 5.56 Å². The van der Waals surface area contributed by atoms with Crippen molar-refractivity contribution in [2.45, 2.75) is 51.3 Å². The van der Waals surface area contributed by atoms with Crippen molar-refractivity contribution in [2.24, 2.45) is 0 Å². The standard InChI is InChI=1S/C18H25ClN2O4/c1-12(13-5-7-14(19)8-6-13)20-18(9-15(22)23)10-21(11-18)16(24)25-17(2,3)4/h5-8,12,20H,9-11H2,1-4H3,(H,22,23)/t12-/m1/s1. The number of aliphatic carboxylic acids is 1. The maximum atomic E-state index is 12.1. The Morgan fingerprint density at radius 2 is 1.88 bits per heavy atom. The van der Waals surface area contributed by atoms with E-state index in [9.17, 15) is 14.7 Å². The minimum absolute atomic E-state index is 0.0653. The van der Waals surface area contributed by atoms with Gasteiger partial charge < -0.3 is 20.1 Å². The zero-order valence-corrected chi connectivity index (χ0v) is 15.8. The Labute approximate surface area is 153 Å². The van der Waals surface area contributed by atoms with E-state index in [0.29, 0.717) is 18.1 Å². The Kier molecular flexibility index (Phi) is 5.64. The molecule has 7 heteroatoms. The number of halogens is 1. The first-order valence-corrected chi connectivity index (χ1v) is 8.60. The van der Waals surface area contributed by atoms with Gasteiger partial charge in [-0.05, 0) is 45.4 Å². The van der Waals surface area contributed by atoms with Gasteiger partial charge in [-0.1, -0.05) is 23.7 Å². The molecule has 0 aliphatic carbocycles. The number of carbonyl (C=O) groups is 2. The van der Waals surface area contributed by atoms with Crippen LogP contribution < -0.4 is 5.32 Å². The number of carboxylic acids is 1. The number of amides is 1. The zero-order chi connectivity index (χ0) is 18.8. The van der Waals surface area contributed by atoms with Gasteiger partial charge in [-0.25, -0.2) is 4.79 Å². The molecule has 1 aliphatic rings. The van der Waals surface area contributed by atoms with E-state index in [1.807, 2.05) is 19.1 Å². The number of nitrogens with zero attached hydrogens (tertiary/aromatic N) is 1. The fourth-order valence-electron chi connectivity index (χ4n) is 2.98. The van der Waals surface area contributed by atoms with Crippen LogP contribution in [0.1, 0.15) is 45.7 Å². The maximum absolute atomic E-state index is 12.1.